The average Bonchev–Trinajstić information content (AvgIpc) is 2.67. The summed E-state index contributed by atoms with van der Waals surface area (Å²) in [6.45, 7) is 12.3. The molecule has 2 rings (SSSR count). The zero-order chi connectivity index (χ0) is 15.6. The third kappa shape index (κ3) is 3.92. The Morgan fingerprint density at radius 2 is 2.00 bits per heavy atom. The molecule has 2 heterocycles. The summed E-state index contributed by atoms with van der Waals surface area (Å²) in [7, 11) is 0. The van der Waals surface area contributed by atoms with Crippen LogP contribution in [-0.2, 0) is 6.54 Å². The minimum atomic E-state index is 0.102. The molecule has 4 nitrogen and oxygen atoms in total. The van der Waals surface area contributed by atoms with Gasteiger partial charge in [0.15, 0.2) is 0 Å². The Morgan fingerprint density at radius 1 is 1.29 bits per heavy atom. The van der Waals surface area contributed by atoms with E-state index in [2.05, 4.69) is 31.1 Å². The van der Waals surface area contributed by atoms with Crippen molar-refractivity contribution in [1.82, 2.24) is 14.9 Å². The number of nitrogens with zero attached hydrogens (tertiary/aromatic N) is 2. The summed E-state index contributed by atoms with van der Waals surface area (Å²) in [5.41, 5.74) is 1.34. The Morgan fingerprint density at radius 3 is 2.67 bits per heavy atom. The van der Waals surface area contributed by atoms with Gasteiger partial charge in [-0.25, -0.2) is 4.98 Å². The van der Waals surface area contributed by atoms with Gasteiger partial charge < -0.3 is 5.32 Å². The van der Waals surface area contributed by atoms with Gasteiger partial charge in [-0.15, -0.1) is 11.3 Å². The van der Waals surface area contributed by atoms with Crippen molar-refractivity contribution in [2.75, 3.05) is 6.54 Å². The van der Waals surface area contributed by atoms with Crippen LogP contribution >= 0.6 is 11.3 Å². The largest absolute Gasteiger partial charge is 0.312 e. The lowest BCUT2D eigenvalue weighted by Crippen LogP contribution is -2.36. The van der Waals surface area contributed by atoms with Crippen LogP contribution in [0.1, 0.15) is 44.1 Å². The van der Waals surface area contributed by atoms with E-state index in [9.17, 15) is 4.79 Å². The van der Waals surface area contributed by atoms with Crippen molar-refractivity contribution in [2.45, 2.75) is 59.5 Å². The molecule has 0 aromatic carbocycles. The van der Waals surface area contributed by atoms with Crippen LogP contribution in [0.4, 0.5) is 0 Å². The molecule has 0 aliphatic carbocycles. The van der Waals surface area contributed by atoms with Crippen molar-refractivity contribution in [3.8, 4) is 0 Å². The Kier molecular flexibility index (Phi) is 4.84. The van der Waals surface area contributed by atoms with Gasteiger partial charge in [0.25, 0.3) is 5.56 Å². The van der Waals surface area contributed by atoms with E-state index in [-0.39, 0.29) is 11.1 Å². The van der Waals surface area contributed by atoms with Crippen LogP contribution in [0.25, 0.3) is 10.2 Å². The molecule has 0 unspecified atom stereocenters. The summed E-state index contributed by atoms with van der Waals surface area (Å²) in [5, 5.41) is 4.26. The first-order chi connectivity index (χ1) is 9.79. The number of thiophene rings is 1. The van der Waals surface area contributed by atoms with Crippen LogP contribution in [0.5, 0.6) is 0 Å². The van der Waals surface area contributed by atoms with Crippen LogP contribution in [0.15, 0.2) is 11.1 Å². The molecule has 116 valence electrons. The van der Waals surface area contributed by atoms with E-state index in [0.717, 1.165) is 41.7 Å². The predicted octanol–water partition coefficient (Wildman–Crippen LogP) is 3.24. The van der Waals surface area contributed by atoms with Gasteiger partial charge in [-0.2, -0.15) is 0 Å². The van der Waals surface area contributed by atoms with E-state index in [1.165, 1.54) is 4.88 Å². The highest BCUT2D eigenvalue weighted by molar-refractivity contribution is 7.18. The molecule has 0 radical (unpaired) electrons. The summed E-state index contributed by atoms with van der Waals surface area (Å²) < 4.78 is 1.75. The highest BCUT2D eigenvalue weighted by Crippen LogP contribution is 2.25. The molecule has 2 aromatic rings. The number of aryl methyl sites for hydroxylation is 3. The molecule has 0 bridgehead atoms. The summed E-state index contributed by atoms with van der Waals surface area (Å²) in [5.74, 6) is 0. The zero-order valence-electron chi connectivity index (χ0n) is 13.6. The quantitative estimate of drug-likeness (QED) is 0.863. The second-order valence-electron chi connectivity index (χ2n) is 6.59. The lowest BCUT2D eigenvalue weighted by Gasteiger charge is -2.20. The van der Waals surface area contributed by atoms with Crippen LogP contribution < -0.4 is 10.9 Å². The van der Waals surface area contributed by atoms with Gasteiger partial charge in [-0.3, -0.25) is 9.36 Å². The Labute approximate surface area is 130 Å². The number of aromatic nitrogens is 2. The second-order valence-corrected chi connectivity index (χ2v) is 7.79. The van der Waals surface area contributed by atoms with Crippen LogP contribution in [0.2, 0.25) is 0 Å². The normalized spacial score (nSPS) is 12.2. The van der Waals surface area contributed by atoms with Gasteiger partial charge in [0.2, 0.25) is 0 Å². The van der Waals surface area contributed by atoms with Crippen LogP contribution in [0.3, 0.4) is 0 Å². The minimum absolute atomic E-state index is 0.102. The number of nitrogens with one attached hydrogen (secondary N) is 1. The van der Waals surface area contributed by atoms with Crippen molar-refractivity contribution in [3.63, 3.8) is 0 Å². The highest BCUT2D eigenvalue weighted by atomic mass is 32.1. The molecule has 21 heavy (non-hydrogen) atoms. The monoisotopic (exact) mass is 307 g/mol. The first-order valence-corrected chi connectivity index (χ1v) is 8.31. The van der Waals surface area contributed by atoms with E-state index < -0.39 is 0 Å². The van der Waals surface area contributed by atoms with Gasteiger partial charge in [-0.1, -0.05) is 0 Å². The third-order valence-corrected chi connectivity index (χ3v) is 4.75. The van der Waals surface area contributed by atoms with Gasteiger partial charge in [-0.05, 0) is 59.6 Å². The number of fused-ring (bicyclic) bond motifs is 1. The standard InChI is InChI=1S/C16H25N3OS/c1-11-12(2)21-14-13(11)15(20)19(10-17-14)9-7-6-8-18-16(3,4)5/h10,18H,6-9H2,1-5H3. The maximum absolute atomic E-state index is 12.5. The first-order valence-electron chi connectivity index (χ1n) is 7.50. The van der Waals surface area contributed by atoms with E-state index in [0.29, 0.717) is 0 Å². The lowest BCUT2D eigenvalue weighted by atomic mass is 10.1. The van der Waals surface area contributed by atoms with Gasteiger partial charge >= 0.3 is 0 Å². The summed E-state index contributed by atoms with van der Waals surface area (Å²) >= 11 is 1.60. The lowest BCUT2D eigenvalue weighted by molar-refractivity contribution is 0.413. The maximum atomic E-state index is 12.5. The van der Waals surface area contributed by atoms with E-state index >= 15 is 0 Å². The Hall–Kier alpha value is -1.20. The molecule has 0 spiro atoms. The molecule has 0 atom stereocenters. The fraction of sp³-hybridized carbons (Fsp3) is 0.625. The van der Waals surface area contributed by atoms with E-state index in [1.54, 1.807) is 22.2 Å². The van der Waals surface area contributed by atoms with Crippen molar-refractivity contribution < 1.29 is 0 Å². The predicted molar refractivity (Wildman–Crippen MR) is 90.3 cm³/mol. The molecule has 5 heteroatoms. The van der Waals surface area contributed by atoms with Crippen molar-refractivity contribution in [1.29, 1.82) is 0 Å². The first kappa shape index (κ1) is 16.2. The number of unbranched alkanes of at least 4 members (excludes halogenated alkanes) is 1. The third-order valence-electron chi connectivity index (χ3n) is 3.64. The molecular weight excluding hydrogens is 282 g/mol. The molecule has 0 saturated heterocycles. The fourth-order valence-electron chi connectivity index (χ4n) is 2.30. The molecule has 0 fully saturated rings. The topological polar surface area (TPSA) is 46.9 Å². The van der Waals surface area contributed by atoms with Gasteiger partial charge in [0, 0.05) is 17.0 Å². The molecule has 2 aromatic heterocycles. The van der Waals surface area contributed by atoms with Crippen LogP contribution in [0, 0.1) is 13.8 Å². The Balaban J connectivity index is 2.02. The maximum Gasteiger partial charge on any atom is 0.262 e. The molecule has 1 N–H and O–H groups in total. The minimum Gasteiger partial charge on any atom is -0.312 e. The summed E-state index contributed by atoms with van der Waals surface area (Å²) in [6.07, 6.45) is 3.74. The molecule has 0 amide bonds. The Bertz CT molecular complexity index is 679. The van der Waals surface area contributed by atoms with E-state index in [4.69, 9.17) is 0 Å². The number of hydrogen-bond donors (Lipinski definition) is 1. The van der Waals surface area contributed by atoms with Crippen molar-refractivity contribution in [2.24, 2.45) is 0 Å². The average molecular weight is 307 g/mol. The molecule has 0 aliphatic heterocycles. The molecule has 0 saturated carbocycles. The number of hydrogen-bond acceptors (Lipinski definition) is 4. The van der Waals surface area contributed by atoms with Crippen LogP contribution in [-0.4, -0.2) is 21.6 Å². The fourth-order valence-corrected chi connectivity index (χ4v) is 3.29. The van der Waals surface area contributed by atoms with Crippen molar-refractivity contribution >= 4 is 21.6 Å². The zero-order valence-corrected chi connectivity index (χ0v) is 14.4. The summed E-state index contributed by atoms with van der Waals surface area (Å²) in [4.78, 5) is 19.0. The SMILES string of the molecule is Cc1sc2ncn(CCCCNC(C)(C)C)c(=O)c2c1C. The number of rotatable bonds is 5. The van der Waals surface area contributed by atoms with E-state index in [1.807, 2.05) is 13.8 Å². The van der Waals surface area contributed by atoms with Gasteiger partial charge in [0.1, 0.15) is 4.83 Å². The molecule has 0 aliphatic rings. The van der Waals surface area contributed by atoms with Gasteiger partial charge in [0.05, 0.1) is 11.7 Å². The molecular formula is C16H25N3OS. The smallest absolute Gasteiger partial charge is 0.262 e. The second kappa shape index (κ2) is 6.28. The highest BCUT2D eigenvalue weighted by Gasteiger charge is 2.12. The van der Waals surface area contributed by atoms with Crippen molar-refractivity contribution in [3.05, 3.63) is 27.1 Å². The summed E-state index contributed by atoms with van der Waals surface area (Å²) in [6, 6.07) is 0.